The maximum Gasteiger partial charge on any atom is 0.333 e. The average Bonchev–Trinajstić information content (AvgIpc) is 4.00. The summed E-state index contributed by atoms with van der Waals surface area (Å²) in [6.07, 6.45) is 16.1. The quantitative estimate of drug-likeness (QED) is 0.0617. The molecule has 0 radical (unpaired) electrons. The summed E-state index contributed by atoms with van der Waals surface area (Å²) in [5, 5.41) is 20.6. The highest BCUT2D eigenvalue weighted by Crippen LogP contribution is 2.45. The lowest BCUT2D eigenvalue weighted by Crippen LogP contribution is -2.41. The molecule has 282 valence electrons. The van der Waals surface area contributed by atoms with E-state index < -0.39 is 5.41 Å². The third kappa shape index (κ3) is 11.1. The Bertz CT molecular complexity index is 1380. The summed E-state index contributed by atoms with van der Waals surface area (Å²) in [5.74, 6) is 3.82. The second kappa shape index (κ2) is 19.4. The summed E-state index contributed by atoms with van der Waals surface area (Å²) < 4.78 is 22.8. The van der Waals surface area contributed by atoms with E-state index in [2.05, 4.69) is 56.8 Å². The first-order chi connectivity index (χ1) is 24.8. The minimum absolute atomic E-state index is 0.0974. The highest BCUT2D eigenvalue weighted by molar-refractivity contribution is 5.86. The van der Waals surface area contributed by atoms with Gasteiger partial charge in [0.05, 0.1) is 45.1 Å². The van der Waals surface area contributed by atoms with E-state index in [9.17, 15) is 15.0 Å². The summed E-state index contributed by atoms with van der Waals surface area (Å²) in [7, 11) is 0. The number of rotatable bonds is 20. The molecule has 1 aliphatic heterocycles. The second-order valence-corrected chi connectivity index (χ2v) is 15.9. The van der Waals surface area contributed by atoms with Gasteiger partial charge in [0.1, 0.15) is 18.5 Å². The van der Waals surface area contributed by atoms with Gasteiger partial charge in [0.2, 0.25) is 0 Å². The topological polar surface area (TPSA) is 97.8 Å². The van der Waals surface area contributed by atoms with Gasteiger partial charge in [-0.3, -0.25) is 0 Å². The Hall–Kier alpha value is -2.71. The normalized spacial score (nSPS) is 23.5. The number of carbonyl (C=O) groups excluding carboxylic acids is 1. The van der Waals surface area contributed by atoms with E-state index in [1.807, 2.05) is 0 Å². The van der Waals surface area contributed by atoms with Gasteiger partial charge in [-0.25, -0.2) is 4.79 Å². The van der Waals surface area contributed by atoms with E-state index in [1.165, 1.54) is 86.5 Å². The monoisotopic (exact) mass is 704 g/mol. The predicted molar refractivity (Wildman–Crippen MR) is 203 cm³/mol. The number of ether oxygens (including phenoxy) is 4. The molecule has 2 aromatic rings. The summed E-state index contributed by atoms with van der Waals surface area (Å²) >= 11 is 0. The Kier molecular flexibility index (Phi) is 15.0. The molecule has 0 bridgehead atoms. The molecule has 7 nitrogen and oxygen atoms in total. The van der Waals surface area contributed by atoms with E-state index in [1.54, 1.807) is 6.92 Å². The van der Waals surface area contributed by atoms with E-state index in [0.717, 1.165) is 29.7 Å². The Morgan fingerprint density at radius 2 is 1.59 bits per heavy atom. The molecule has 0 amide bonds. The molecule has 1 heterocycles. The first kappa shape index (κ1) is 39.5. The summed E-state index contributed by atoms with van der Waals surface area (Å²) in [6.45, 7) is 10.9. The van der Waals surface area contributed by atoms with Crippen LogP contribution in [0.1, 0.15) is 114 Å². The third-order valence-corrected chi connectivity index (χ3v) is 11.9. The van der Waals surface area contributed by atoms with E-state index >= 15 is 0 Å². The molecule has 3 aliphatic rings. The van der Waals surface area contributed by atoms with E-state index in [0.29, 0.717) is 43.3 Å². The Morgan fingerprint density at radius 1 is 0.922 bits per heavy atom. The molecule has 5 rings (SSSR count). The lowest BCUT2D eigenvalue weighted by atomic mass is 9.68. The van der Waals surface area contributed by atoms with Crippen molar-refractivity contribution in [2.24, 2.45) is 23.2 Å². The number of hydrogen-bond donors (Lipinski definition) is 2. The van der Waals surface area contributed by atoms with Crippen molar-refractivity contribution >= 4 is 5.97 Å². The molecule has 2 aliphatic carbocycles. The van der Waals surface area contributed by atoms with Gasteiger partial charge in [0, 0.05) is 5.57 Å². The molecule has 1 saturated heterocycles. The number of hydrogen-bond acceptors (Lipinski definition) is 7. The zero-order valence-corrected chi connectivity index (χ0v) is 31.6. The molecule has 0 aromatic heterocycles. The largest absolute Gasteiger partial charge is 0.492 e. The zero-order valence-electron chi connectivity index (χ0n) is 31.6. The number of aliphatic hydroxyl groups excluding tert-OH is 2. The Labute approximate surface area is 307 Å². The lowest BCUT2D eigenvalue weighted by molar-refractivity contribution is -0.139. The van der Waals surface area contributed by atoms with Gasteiger partial charge >= 0.3 is 5.97 Å². The fourth-order valence-electron chi connectivity index (χ4n) is 8.40. The van der Waals surface area contributed by atoms with Crippen LogP contribution in [0, 0.1) is 23.2 Å². The number of benzene rings is 2. The Balaban J connectivity index is 1.27. The van der Waals surface area contributed by atoms with Crippen LogP contribution >= 0.6 is 0 Å². The highest BCUT2D eigenvalue weighted by atomic mass is 16.6. The molecule has 1 atom stereocenters. The predicted octanol–water partition coefficient (Wildman–Crippen LogP) is 8.61. The van der Waals surface area contributed by atoms with Crippen molar-refractivity contribution in [1.82, 2.24) is 0 Å². The van der Waals surface area contributed by atoms with Crippen LogP contribution in [-0.2, 0) is 31.8 Å². The first-order valence-corrected chi connectivity index (χ1v) is 19.9. The molecule has 2 saturated carbocycles. The van der Waals surface area contributed by atoms with E-state index in [-0.39, 0.29) is 45.1 Å². The van der Waals surface area contributed by atoms with Crippen molar-refractivity contribution in [3.63, 3.8) is 0 Å². The van der Waals surface area contributed by atoms with Crippen molar-refractivity contribution in [2.75, 3.05) is 46.2 Å². The van der Waals surface area contributed by atoms with Crippen LogP contribution in [-0.4, -0.2) is 68.5 Å². The van der Waals surface area contributed by atoms with Crippen molar-refractivity contribution in [2.45, 2.75) is 116 Å². The molecule has 2 aromatic carbocycles. The number of epoxide rings is 1. The average molecular weight is 705 g/mol. The van der Waals surface area contributed by atoms with Crippen LogP contribution < -0.4 is 4.74 Å². The maximum atomic E-state index is 12.0. The number of esters is 1. The molecule has 7 heteroatoms. The van der Waals surface area contributed by atoms with Gasteiger partial charge in [0.25, 0.3) is 0 Å². The van der Waals surface area contributed by atoms with Crippen LogP contribution in [0.2, 0.25) is 0 Å². The molecule has 1 unspecified atom stereocenters. The first-order valence-electron chi connectivity index (χ1n) is 19.9. The highest BCUT2D eigenvalue weighted by Gasteiger charge is 2.33. The van der Waals surface area contributed by atoms with Gasteiger partial charge in [-0.2, -0.15) is 0 Å². The van der Waals surface area contributed by atoms with Crippen LogP contribution in [0.25, 0.3) is 11.1 Å². The molecule has 51 heavy (non-hydrogen) atoms. The summed E-state index contributed by atoms with van der Waals surface area (Å²) in [5.41, 5.74) is 5.43. The van der Waals surface area contributed by atoms with Crippen molar-refractivity contribution in [1.29, 1.82) is 0 Å². The van der Waals surface area contributed by atoms with Crippen LogP contribution in [0.4, 0.5) is 0 Å². The lowest BCUT2D eigenvalue weighted by Gasteiger charge is -2.38. The fourth-order valence-corrected chi connectivity index (χ4v) is 8.40. The van der Waals surface area contributed by atoms with Crippen LogP contribution in [0.3, 0.4) is 0 Å². The second-order valence-electron chi connectivity index (χ2n) is 15.9. The van der Waals surface area contributed by atoms with Gasteiger partial charge < -0.3 is 29.2 Å². The maximum absolute atomic E-state index is 12.0. The van der Waals surface area contributed by atoms with Gasteiger partial charge in [-0.05, 0) is 128 Å². The molecule has 0 spiro atoms. The smallest absolute Gasteiger partial charge is 0.333 e. The van der Waals surface area contributed by atoms with E-state index in [4.69, 9.17) is 18.9 Å². The minimum atomic E-state index is -0.947. The van der Waals surface area contributed by atoms with Gasteiger partial charge in [0.15, 0.2) is 0 Å². The number of aliphatic hydroxyl groups is 2. The zero-order chi connectivity index (χ0) is 36.2. The van der Waals surface area contributed by atoms with Crippen molar-refractivity contribution in [3.8, 4) is 16.9 Å². The molecular weight excluding hydrogens is 640 g/mol. The third-order valence-electron chi connectivity index (χ3n) is 11.9. The number of aryl methyl sites for hydroxylation is 2. The summed E-state index contributed by atoms with van der Waals surface area (Å²) in [4.78, 5) is 12.0. The Morgan fingerprint density at radius 3 is 2.18 bits per heavy atom. The molecule has 2 N–H and O–H groups in total. The van der Waals surface area contributed by atoms with Crippen LogP contribution in [0.5, 0.6) is 5.75 Å². The summed E-state index contributed by atoms with van der Waals surface area (Å²) in [6, 6.07) is 13.6. The molecule has 3 fully saturated rings. The standard InChI is InChI=1S/C44H64O7/c1-5-8-32-10-12-34(13-11-32)35-14-16-36(17-15-35)37-18-20-38(21-19-37)41-23-39(9-7-22-49-43(47)31(3)4)42(24-33(41)6-2)51-30-44(27-45,28-46)29-48-25-40-26-50-40/h18-21,23-24,32,34-36,40,45-46H,3,5-17,22,25-30H2,1-2,4H3. The van der Waals surface area contributed by atoms with Gasteiger partial charge in [-0.15, -0.1) is 0 Å². The molecular formula is C44H64O7. The fraction of sp³-hybridized carbons (Fsp3) is 0.659. The minimum Gasteiger partial charge on any atom is -0.492 e. The van der Waals surface area contributed by atoms with Crippen LogP contribution in [0.15, 0.2) is 48.6 Å². The number of carbonyl (C=O) groups is 1. The van der Waals surface area contributed by atoms with Crippen molar-refractivity contribution < 1.29 is 34.0 Å². The van der Waals surface area contributed by atoms with Crippen molar-refractivity contribution in [3.05, 3.63) is 65.2 Å². The van der Waals surface area contributed by atoms with Gasteiger partial charge in [-0.1, -0.05) is 70.4 Å². The SMILES string of the molecule is C=C(C)C(=O)OCCCc1cc(-c2ccc(C3CCC(C4CCC(CCC)CC4)CC3)cc2)c(CC)cc1OCC(CO)(CO)COCC1CO1.